The molecule has 0 unspecified atom stereocenters. The van der Waals surface area contributed by atoms with Gasteiger partial charge in [-0.3, -0.25) is 4.98 Å². The van der Waals surface area contributed by atoms with Crippen LogP contribution in [0, 0.1) is 13.8 Å². The number of rotatable bonds is 1. The molecule has 1 aromatic heterocycles. The maximum atomic E-state index is 6.42. The average Bonchev–Trinajstić information content (AvgIpc) is 2.40. The second-order valence-electron chi connectivity index (χ2n) is 5.17. The summed E-state index contributed by atoms with van der Waals surface area (Å²) in [6.45, 7) is 8.24. The smallest absolute Gasteiger partial charge is 0.0829 e. The highest BCUT2D eigenvalue weighted by Crippen LogP contribution is 2.35. The Balaban J connectivity index is 2.23. The second-order valence-corrected chi connectivity index (χ2v) is 5.57. The van der Waals surface area contributed by atoms with Crippen LogP contribution >= 0.6 is 11.6 Å². The molecule has 0 bridgehead atoms. The Kier molecular flexibility index (Phi) is 3.33. The molecule has 0 amide bonds. The normalized spacial score (nSPS) is 16.1. The number of nitrogens with zero attached hydrogens (tertiary/aromatic N) is 2. The highest BCUT2D eigenvalue weighted by Gasteiger charge is 2.18. The molecule has 19 heavy (non-hydrogen) atoms. The average molecular weight is 276 g/mol. The number of halogens is 1. The maximum Gasteiger partial charge on any atom is 0.0829 e. The van der Waals surface area contributed by atoms with Crippen LogP contribution in [0.5, 0.6) is 0 Å². The van der Waals surface area contributed by atoms with Crippen molar-refractivity contribution in [2.45, 2.75) is 13.8 Å². The summed E-state index contributed by atoms with van der Waals surface area (Å²) in [5.74, 6) is 0. The van der Waals surface area contributed by atoms with E-state index in [0.29, 0.717) is 0 Å². The van der Waals surface area contributed by atoms with Gasteiger partial charge in [-0.1, -0.05) is 17.7 Å². The molecule has 0 saturated carbocycles. The Morgan fingerprint density at radius 3 is 2.68 bits per heavy atom. The minimum absolute atomic E-state index is 0.751. The molecule has 1 fully saturated rings. The lowest BCUT2D eigenvalue weighted by Gasteiger charge is -2.31. The van der Waals surface area contributed by atoms with Crippen molar-refractivity contribution < 1.29 is 0 Å². The third-order valence-electron chi connectivity index (χ3n) is 3.67. The second kappa shape index (κ2) is 4.99. The van der Waals surface area contributed by atoms with Crippen molar-refractivity contribution in [1.82, 2.24) is 10.3 Å². The molecular formula is C15H18ClN3. The van der Waals surface area contributed by atoms with Crippen molar-refractivity contribution in [3.8, 4) is 0 Å². The van der Waals surface area contributed by atoms with E-state index in [-0.39, 0.29) is 0 Å². The molecule has 1 saturated heterocycles. The van der Waals surface area contributed by atoms with Crippen LogP contribution < -0.4 is 10.2 Å². The van der Waals surface area contributed by atoms with Gasteiger partial charge in [0.1, 0.15) is 0 Å². The van der Waals surface area contributed by atoms with E-state index < -0.39 is 0 Å². The van der Waals surface area contributed by atoms with Gasteiger partial charge in [0, 0.05) is 37.8 Å². The Morgan fingerprint density at radius 2 is 1.95 bits per heavy atom. The molecule has 1 N–H and O–H groups in total. The number of aromatic nitrogens is 1. The molecule has 3 nitrogen and oxygen atoms in total. The van der Waals surface area contributed by atoms with Gasteiger partial charge in [0.15, 0.2) is 0 Å². The topological polar surface area (TPSA) is 28.2 Å². The van der Waals surface area contributed by atoms with E-state index in [9.17, 15) is 0 Å². The van der Waals surface area contributed by atoms with Crippen LogP contribution in [0.1, 0.15) is 11.1 Å². The fourth-order valence-electron chi connectivity index (χ4n) is 2.86. The van der Waals surface area contributed by atoms with Gasteiger partial charge in [0.2, 0.25) is 0 Å². The summed E-state index contributed by atoms with van der Waals surface area (Å²) in [5, 5.41) is 5.32. The van der Waals surface area contributed by atoms with Crippen molar-refractivity contribution in [2.75, 3.05) is 31.1 Å². The fraction of sp³-hybridized carbons (Fsp3) is 0.400. The number of pyridine rings is 1. The molecule has 0 atom stereocenters. The summed E-state index contributed by atoms with van der Waals surface area (Å²) in [7, 11) is 0. The number of hydrogen-bond acceptors (Lipinski definition) is 3. The van der Waals surface area contributed by atoms with Crippen LogP contribution in [0.4, 0.5) is 5.69 Å². The van der Waals surface area contributed by atoms with Crippen LogP contribution in [0.15, 0.2) is 18.3 Å². The molecule has 100 valence electrons. The van der Waals surface area contributed by atoms with Crippen LogP contribution in [0.25, 0.3) is 10.9 Å². The number of piperazine rings is 1. The van der Waals surface area contributed by atoms with Gasteiger partial charge >= 0.3 is 0 Å². The summed E-state index contributed by atoms with van der Waals surface area (Å²) in [6, 6.07) is 4.33. The molecule has 4 heteroatoms. The summed E-state index contributed by atoms with van der Waals surface area (Å²) < 4.78 is 0. The lowest BCUT2D eigenvalue weighted by atomic mass is 10.0. The summed E-state index contributed by atoms with van der Waals surface area (Å²) in [4.78, 5) is 6.85. The van der Waals surface area contributed by atoms with E-state index in [0.717, 1.165) is 42.4 Å². The first kappa shape index (κ1) is 12.7. The van der Waals surface area contributed by atoms with Crippen LogP contribution in [-0.4, -0.2) is 31.2 Å². The minimum Gasteiger partial charge on any atom is -0.367 e. The first-order valence-corrected chi connectivity index (χ1v) is 7.06. The van der Waals surface area contributed by atoms with Gasteiger partial charge in [-0.15, -0.1) is 0 Å². The number of nitrogens with one attached hydrogen (secondary N) is 1. The van der Waals surface area contributed by atoms with Crippen LogP contribution in [0.2, 0.25) is 5.02 Å². The molecule has 1 aromatic carbocycles. The molecular weight excluding hydrogens is 258 g/mol. The van der Waals surface area contributed by atoms with E-state index in [2.05, 4.69) is 41.2 Å². The highest BCUT2D eigenvalue weighted by molar-refractivity contribution is 6.34. The molecule has 0 spiro atoms. The van der Waals surface area contributed by atoms with Crippen molar-refractivity contribution in [2.24, 2.45) is 0 Å². The summed E-state index contributed by atoms with van der Waals surface area (Å²) >= 11 is 6.42. The number of anilines is 1. The summed E-state index contributed by atoms with van der Waals surface area (Å²) in [6.07, 6.45) is 1.78. The predicted molar refractivity (Wildman–Crippen MR) is 81.3 cm³/mol. The molecule has 2 heterocycles. The monoisotopic (exact) mass is 275 g/mol. The standard InChI is InChI=1S/C15H18ClN3/c1-10-7-11(2)14-13(8-10)18-9-12(16)15(14)19-5-3-17-4-6-19/h7-9,17H,3-6H2,1-2H3. The van der Waals surface area contributed by atoms with E-state index in [4.69, 9.17) is 11.6 Å². The SMILES string of the molecule is Cc1cc(C)c2c(N3CCNCC3)c(Cl)cnc2c1. The first-order valence-electron chi connectivity index (χ1n) is 6.68. The Labute approximate surface area is 118 Å². The predicted octanol–water partition coefficient (Wildman–Crippen LogP) is 2.91. The van der Waals surface area contributed by atoms with E-state index in [1.807, 2.05) is 0 Å². The van der Waals surface area contributed by atoms with Crippen molar-refractivity contribution in [3.63, 3.8) is 0 Å². The maximum absolute atomic E-state index is 6.42. The molecule has 3 rings (SSSR count). The van der Waals surface area contributed by atoms with Gasteiger partial charge in [-0.2, -0.15) is 0 Å². The van der Waals surface area contributed by atoms with E-state index in [1.165, 1.54) is 16.5 Å². The van der Waals surface area contributed by atoms with E-state index in [1.54, 1.807) is 6.20 Å². The Bertz CT molecular complexity index is 618. The largest absolute Gasteiger partial charge is 0.367 e. The van der Waals surface area contributed by atoms with Crippen LogP contribution in [0.3, 0.4) is 0 Å². The van der Waals surface area contributed by atoms with E-state index >= 15 is 0 Å². The Morgan fingerprint density at radius 1 is 1.21 bits per heavy atom. The number of fused-ring (bicyclic) bond motifs is 1. The van der Waals surface area contributed by atoms with Crippen molar-refractivity contribution >= 4 is 28.2 Å². The van der Waals surface area contributed by atoms with Crippen LogP contribution in [-0.2, 0) is 0 Å². The van der Waals surface area contributed by atoms with Gasteiger partial charge in [-0.05, 0) is 31.0 Å². The lowest BCUT2D eigenvalue weighted by Crippen LogP contribution is -2.43. The zero-order chi connectivity index (χ0) is 13.4. The molecule has 0 radical (unpaired) electrons. The first-order chi connectivity index (χ1) is 9.16. The number of hydrogen-bond donors (Lipinski definition) is 1. The molecule has 1 aliphatic rings. The van der Waals surface area contributed by atoms with Gasteiger partial charge < -0.3 is 10.2 Å². The minimum atomic E-state index is 0.751. The zero-order valence-corrected chi connectivity index (χ0v) is 12.1. The third-order valence-corrected chi connectivity index (χ3v) is 3.95. The molecule has 1 aliphatic heterocycles. The Hall–Kier alpha value is -1.32. The highest BCUT2D eigenvalue weighted by atomic mass is 35.5. The van der Waals surface area contributed by atoms with Gasteiger partial charge in [0.25, 0.3) is 0 Å². The van der Waals surface area contributed by atoms with Crippen molar-refractivity contribution in [1.29, 1.82) is 0 Å². The summed E-state index contributed by atoms with van der Waals surface area (Å²) in [5.41, 5.74) is 4.67. The molecule has 2 aromatic rings. The molecule has 0 aliphatic carbocycles. The van der Waals surface area contributed by atoms with Gasteiger partial charge in [0.05, 0.1) is 16.2 Å². The third kappa shape index (κ3) is 2.28. The number of benzene rings is 1. The lowest BCUT2D eigenvalue weighted by molar-refractivity contribution is 0.590. The van der Waals surface area contributed by atoms with Gasteiger partial charge in [-0.25, -0.2) is 0 Å². The zero-order valence-electron chi connectivity index (χ0n) is 11.3. The fourth-order valence-corrected chi connectivity index (χ4v) is 3.12. The quantitative estimate of drug-likeness (QED) is 0.867. The van der Waals surface area contributed by atoms with Crippen molar-refractivity contribution in [3.05, 3.63) is 34.5 Å². The number of aryl methyl sites for hydroxylation is 2.